The second-order valence-electron chi connectivity index (χ2n) is 7.00. The summed E-state index contributed by atoms with van der Waals surface area (Å²) < 4.78 is 29.4. The van der Waals surface area contributed by atoms with Gasteiger partial charge in [-0.15, -0.1) is 0 Å². The molecule has 3 rings (SSSR count). The zero-order valence-electron chi connectivity index (χ0n) is 14.4. The third-order valence-electron chi connectivity index (χ3n) is 5.10. The summed E-state index contributed by atoms with van der Waals surface area (Å²) in [7, 11) is -3.03. The fourth-order valence-corrected chi connectivity index (χ4v) is 5.64. The first kappa shape index (κ1) is 18.5. The van der Waals surface area contributed by atoms with Crippen molar-refractivity contribution in [1.82, 2.24) is 4.90 Å². The number of hydrogen-bond acceptors (Lipinski definition) is 4. The van der Waals surface area contributed by atoms with Crippen molar-refractivity contribution < 1.29 is 17.9 Å². The van der Waals surface area contributed by atoms with Crippen molar-refractivity contribution in [3.63, 3.8) is 0 Å². The monoisotopic (exact) mass is 385 g/mol. The number of sulfone groups is 1. The van der Waals surface area contributed by atoms with E-state index in [-0.39, 0.29) is 36.1 Å². The summed E-state index contributed by atoms with van der Waals surface area (Å²) in [5.74, 6) is 0.725. The summed E-state index contributed by atoms with van der Waals surface area (Å²) in [4.78, 5) is 14.6. The first-order chi connectivity index (χ1) is 11.9. The highest BCUT2D eigenvalue weighted by molar-refractivity contribution is 7.91. The highest BCUT2D eigenvalue weighted by Crippen LogP contribution is 2.29. The highest BCUT2D eigenvalue weighted by atomic mass is 35.5. The molecular weight excluding hydrogens is 362 g/mol. The normalized spacial score (nSPS) is 22.9. The maximum atomic E-state index is 12.8. The molecule has 0 radical (unpaired) electrons. The van der Waals surface area contributed by atoms with Crippen LogP contribution >= 0.6 is 11.6 Å². The highest BCUT2D eigenvalue weighted by Gasteiger charge is 2.39. The third-order valence-corrected chi connectivity index (χ3v) is 7.27. The smallest absolute Gasteiger partial charge is 0.261 e. The van der Waals surface area contributed by atoms with Crippen LogP contribution in [0.4, 0.5) is 0 Å². The molecule has 0 bridgehead atoms. The number of nitrogens with zero attached hydrogens (tertiary/aromatic N) is 1. The van der Waals surface area contributed by atoms with Crippen LogP contribution in [0.3, 0.4) is 0 Å². The Morgan fingerprint density at radius 2 is 1.96 bits per heavy atom. The lowest BCUT2D eigenvalue weighted by Crippen LogP contribution is -2.48. The number of hydrogen-bond donors (Lipinski definition) is 0. The fourth-order valence-electron chi connectivity index (χ4n) is 3.81. The van der Waals surface area contributed by atoms with Crippen LogP contribution in [0.1, 0.15) is 37.7 Å². The van der Waals surface area contributed by atoms with Crippen LogP contribution < -0.4 is 4.74 Å². The Labute approximate surface area is 154 Å². The molecule has 1 aromatic carbocycles. The van der Waals surface area contributed by atoms with Gasteiger partial charge in [-0.25, -0.2) is 8.42 Å². The van der Waals surface area contributed by atoms with Crippen LogP contribution in [-0.4, -0.2) is 49.4 Å². The molecule has 1 saturated heterocycles. The van der Waals surface area contributed by atoms with Gasteiger partial charge in [0, 0.05) is 17.1 Å². The van der Waals surface area contributed by atoms with E-state index in [2.05, 4.69) is 0 Å². The van der Waals surface area contributed by atoms with Gasteiger partial charge in [0.2, 0.25) is 0 Å². The van der Waals surface area contributed by atoms with Crippen LogP contribution in [0.2, 0.25) is 5.02 Å². The number of ether oxygens (including phenoxy) is 1. The lowest BCUT2D eigenvalue weighted by atomic mass is 10.1. The van der Waals surface area contributed by atoms with Crippen molar-refractivity contribution in [1.29, 1.82) is 0 Å². The molecule has 1 aliphatic heterocycles. The molecule has 1 saturated carbocycles. The SMILES string of the molecule is Cc1cc(OCC(=O)N(C2CCCC2)[C@@H]2CCS(=O)(=O)C2)ccc1Cl. The molecule has 1 amide bonds. The van der Waals surface area contributed by atoms with E-state index in [0.717, 1.165) is 31.2 Å². The average Bonchev–Trinajstić information content (AvgIpc) is 3.19. The van der Waals surface area contributed by atoms with Gasteiger partial charge in [-0.1, -0.05) is 24.4 Å². The Morgan fingerprint density at radius 1 is 1.24 bits per heavy atom. The van der Waals surface area contributed by atoms with Gasteiger partial charge >= 0.3 is 0 Å². The quantitative estimate of drug-likeness (QED) is 0.781. The Balaban J connectivity index is 1.69. The zero-order valence-corrected chi connectivity index (χ0v) is 16.0. The second kappa shape index (κ2) is 7.54. The van der Waals surface area contributed by atoms with Gasteiger partial charge in [-0.05, 0) is 49.9 Å². The van der Waals surface area contributed by atoms with Gasteiger partial charge in [0.05, 0.1) is 11.5 Å². The fraction of sp³-hybridized carbons (Fsp3) is 0.611. The van der Waals surface area contributed by atoms with Crippen molar-refractivity contribution in [2.45, 2.75) is 51.1 Å². The van der Waals surface area contributed by atoms with E-state index < -0.39 is 9.84 Å². The molecule has 2 fully saturated rings. The molecule has 7 heteroatoms. The minimum atomic E-state index is -3.03. The Morgan fingerprint density at radius 3 is 2.56 bits per heavy atom. The lowest BCUT2D eigenvalue weighted by Gasteiger charge is -2.34. The molecule has 1 aliphatic carbocycles. The van der Waals surface area contributed by atoms with E-state index in [4.69, 9.17) is 16.3 Å². The molecule has 25 heavy (non-hydrogen) atoms. The predicted octanol–water partition coefficient (Wildman–Crippen LogP) is 2.99. The summed E-state index contributed by atoms with van der Waals surface area (Å²) >= 11 is 6.01. The molecule has 1 aromatic rings. The summed E-state index contributed by atoms with van der Waals surface area (Å²) in [5, 5.41) is 0.655. The van der Waals surface area contributed by atoms with E-state index in [1.165, 1.54) is 0 Å². The number of benzene rings is 1. The van der Waals surface area contributed by atoms with Gasteiger partial charge in [-0.2, -0.15) is 0 Å². The molecule has 1 heterocycles. The summed E-state index contributed by atoms with van der Waals surface area (Å²) in [6.07, 6.45) is 4.60. The number of rotatable bonds is 5. The molecule has 0 aromatic heterocycles. The minimum Gasteiger partial charge on any atom is -0.484 e. The molecule has 0 spiro atoms. The van der Waals surface area contributed by atoms with Crippen LogP contribution in [0.25, 0.3) is 0 Å². The number of amides is 1. The Hall–Kier alpha value is -1.27. The van der Waals surface area contributed by atoms with E-state index in [9.17, 15) is 13.2 Å². The number of carbonyl (C=O) groups excluding carboxylic acids is 1. The molecular formula is C18H24ClNO4S. The zero-order chi connectivity index (χ0) is 18.0. The van der Waals surface area contributed by atoms with Crippen molar-refractivity contribution in [3.05, 3.63) is 28.8 Å². The van der Waals surface area contributed by atoms with Gasteiger partial charge in [0.1, 0.15) is 5.75 Å². The molecule has 5 nitrogen and oxygen atoms in total. The largest absolute Gasteiger partial charge is 0.484 e. The molecule has 0 N–H and O–H groups in total. The molecule has 1 atom stereocenters. The van der Waals surface area contributed by atoms with Crippen molar-refractivity contribution in [3.8, 4) is 5.75 Å². The van der Waals surface area contributed by atoms with Gasteiger partial charge in [0.25, 0.3) is 5.91 Å². The lowest BCUT2D eigenvalue weighted by molar-refractivity contribution is -0.137. The van der Waals surface area contributed by atoms with Crippen LogP contribution in [0, 0.1) is 6.92 Å². The maximum absolute atomic E-state index is 12.8. The predicted molar refractivity (Wildman–Crippen MR) is 97.8 cm³/mol. The topological polar surface area (TPSA) is 63.7 Å². The Kier molecular flexibility index (Phi) is 5.58. The van der Waals surface area contributed by atoms with Gasteiger partial charge in [0.15, 0.2) is 16.4 Å². The molecule has 138 valence electrons. The summed E-state index contributed by atoms with van der Waals surface area (Å²) in [6, 6.07) is 5.21. The third kappa shape index (κ3) is 4.47. The van der Waals surface area contributed by atoms with Crippen molar-refractivity contribution in [2.24, 2.45) is 0 Å². The van der Waals surface area contributed by atoms with E-state index in [0.29, 0.717) is 17.2 Å². The standard InChI is InChI=1S/C18H24ClNO4S/c1-13-10-16(6-7-17(13)19)24-11-18(21)20(14-4-2-3-5-14)15-8-9-25(22,23)12-15/h6-7,10,14-15H,2-5,8-9,11-12H2,1H3/t15-/m1/s1. The summed E-state index contributed by atoms with van der Waals surface area (Å²) in [6.45, 7) is 1.80. The van der Waals surface area contributed by atoms with Crippen molar-refractivity contribution >= 4 is 27.3 Å². The van der Waals surface area contributed by atoms with Crippen LogP contribution in [0.15, 0.2) is 18.2 Å². The minimum absolute atomic E-state index is 0.0753. The van der Waals surface area contributed by atoms with E-state index in [1.54, 1.807) is 23.1 Å². The first-order valence-corrected chi connectivity index (χ1v) is 11.0. The molecule has 0 unspecified atom stereocenters. The van der Waals surface area contributed by atoms with Crippen molar-refractivity contribution in [2.75, 3.05) is 18.1 Å². The van der Waals surface area contributed by atoms with E-state index in [1.807, 2.05) is 6.92 Å². The van der Waals surface area contributed by atoms with Crippen LogP contribution in [0.5, 0.6) is 5.75 Å². The number of aryl methyl sites for hydroxylation is 1. The number of carbonyl (C=O) groups is 1. The molecule has 2 aliphatic rings. The van der Waals surface area contributed by atoms with Gasteiger partial charge < -0.3 is 9.64 Å². The second-order valence-corrected chi connectivity index (χ2v) is 9.63. The van der Waals surface area contributed by atoms with E-state index >= 15 is 0 Å². The summed E-state index contributed by atoms with van der Waals surface area (Å²) in [5.41, 5.74) is 0.890. The average molecular weight is 386 g/mol. The maximum Gasteiger partial charge on any atom is 0.261 e. The van der Waals surface area contributed by atoms with Gasteiger partial charge in [-0.3, -0.25) is 4.79 Å². The Bertz CT molecular complexity index is 743. The van der Waals surface area contributed by atoms with Crippen LogP contribution in [-0.2, 0) is 14.6 Å². The first-order valence-electron chi connectivity index (χ1n) is 8.76. The number of halogens is 1.